The Morgan fingerprint density at radius 2 is 1.90 bits per heavy atom. The molecule has 0 saturated heterocycles. The maximum Gasteiger partial charge on any atom is 0.362 e. The van der Waals surface area contributed by atoms with Crippen LogP contribution in [0, 0.1) is 0 Å². The third kappa shape index (κ3) is 1.89. The zero-order valence-electron chi connectivity index (χ0n) is 10.6. The number of fused-ring (bicyclic) bond motifs is 1. The number of aromatic nitrogens is 6. The van der Waals surface area contributed by atoms with Crippen LogP contribution >= 0.6 is 0 Å². The Kier molecular flexibility index (Phi) is 2.40. The predicted octanol–water partition coefficient (Wildman–Crippen LogP) is 0.954. The Labute approximate surface area is 117 Å². The normalized spacial score (nSPS) is 11.0. The van der Waals surface area contributed by atoms with E-state index in [1.54, 1.807) is 24.5 Å². The number of rotatable bonds is 2. The van der Waals surface area contributed by atoms with Crippen molar-refractivity contribution in [3.63, 3.8) is 0 Å². The highest BCUT2D eigenvalue weighted by Gasteiger charge is 2.09. The van der Waals surface area contributed by atoms with Gasteiger partial charge in [0.25, 0.3) is 0 Å². The summed E-state index contributed by atoms with van der Waals surface area (Å²) in [6, 6.07) is 7.09. The van der Waals surface area contributed by atoms with E-state index in [1.165, 1.54) is 22.1 Å². The standard InChI is InChI=1S/C13H8N6O2/c20-13-11(18-8-14-7-17-18)5-9-1-2-10(6-12(9)21-13)19-15-3-4-16-19/h1-8H. The molecule has 0 saturated carbocycles. The molecule has 0 aliphatic rings. The van der Waals surface area contributed by atoms with Gasteiger partial charge in [-0.2, -0.15) is 20.1 Å². The van der Waals surface area contributed by atoms with Crippen LogP contribution in [0.4, 0.5) is 0 Å². The molecule has 0 atom stereocenters. The summed E-state index contributed by atoms with van der Waals surface area (Å²) in [6.07, 6.45) is 5.96. The number of hydrogen-bond donors (Lipinski definition) is 0. The average molecular weight is 280 g/mol. The van der Waals surface area contributed by atoms with E-state index in [1.807, 2.05) is 12.1 Å². The van der Waals surface area contributed by atoms with Gasteiger partial charge in [-0.05, 0) is 18.2 Å². The summed E-state index contributed by atoms with van der Waals surface area (Å²) in [5.74, 6) is 0. The molecule has 4 aromatic rings. The first-order valence-electron chi connectivity index (χ1n) is 6.11. The smallest absolute Gasteiger partial charge is 0.362 e. The van der Waals surface area contributed by atoms with Gasteiger partial charge >= 0.3 is 5.63 Å². The molecular formula is C13H8N6O2. The number of benzene rings is 1. The molecule has 8 nitrogen and oxygen atoms in total. The topological polar surface area (TPSA) is 91.6 Å². The third-order valence-electron chi connectivity index (χ3n) is 3.02. The van der Waals surface area contributed by atoms with E-state index in [9.17, 15) is 4.79 Å². The summed E-state index contributed by atoms with van der Waals surface area (Å²) in [7, 11) is 0. The summed E-state index contributed by atoms with van der Waals surface area (Å²) in [5, 5.41) is 12.8. The molecule has 0 unspecified atom stereocenters. The van der Waals surface area contributed by atoms with Crippen LogP contribution in [0.5, 0.6) is 0 Å². The van der Waals surface area contributed by atoms with Gasteiger partial charge in [0, 0.05) is 11.5 Å². The summed E-state index contributed by atoms with van der Waals surface area (Å²) in [4.78, 5) is 17.3. The van der Waals surface area contributed by atoms with Crippen molar-refractivity contribution in [1.82, 2.24) is 29.8 Å². The molecule has 8 heteroatoms. The molecule has 3 heterocycles. The van der Waals surface area contributed by atoms with Crippen molar-refractivity contribution >= 4 is 11.0 Å². The maximum absolute atomic E-state index is 12.0. The van der Waals surface area contributed by atoms with Crippen molar-refractivity contribution in [1.29, 1.82) is 0 Å². The van der Waals surface area contributed by atoms with Gasteiger partial charge in [-0.15, -0.1) is 0 Å². The first-order chi connectivity index (χ1) is 10.3. The van der Waals surface area contributed by atoms with E-state index in [2.05, 4.69) is 20.3 Å². The van der Waals surface area contributed by atoms with Gasteiger partial charge < -0.3 is 4.42 Å². The van der Waals surface area contributed by atoms with Gasteiger partial charge in [0.15, 0.2) is 5.69 Å². The minimum atomic E-state index is -0.487. The Bertz CT molecular complexity index is 956. The number of hydrogen-bond acceptors (Lipinski definition) is 6. The van der Waals surface area contributed by atoms with Crippen LogP contribution in [-0.2, 0) is 0 Å². The van der Waals surface area contributed by atoms with Gasteiger partial charge in [-0.25, -0.2) is 14.5 Å². The SMILES string of the molecule is O=c1oc2cc(-n3nccn3)ccc2cc1-n1cncn1. The highest BCUT2D eigenvalue weighted by atomic mass is 16.4. The van der Waals surface area contributed by atoms with Crippen molar-refractivity contribution in [2.75, 3.05) is 0 Å². The van der Waals surface area contributed by atoms with Gasteiger partial charge in [0.05, 0.1) is 18.1 Å². The Morgan fingerprint density at radius 1 is 1.05 bits per heavy atom. The predicted molar refractivity (Wildman–Crippen MR) is 72.3 cm³/mol. The quantitative estimate of drug-likeness (QED) is 0.508. The maximum atomic E-state index is 12.0. The summed E-state index contributed by atoms with van der Waals surface area (Å²) >= 11 is 0. The van der Waals surface area contributed by atoms with Crippen molar-refractivity contribution in [3.8, 4) is 11.4 Å². The molecule has 0 aliphatic heterocycles. The summed E-state index contributed by atoms with van der Waals surface area (Å²) < 4.78 is 6.71. The second-order valence-corrected chi connectivity index (χ2v) is 4.30. The zero-order chi connectivity index (χ0) is 14.2. The summed E-state index contributed by atoms with van der Waals surface area (Å²) in [5.41, 5.74) is 0.992. The van der Waals surface area contributed by atoms with Crippen molar-refractivity contribution in [2.45, 2.75) is 0 Å². The van der Waals surface area contributed by atoms with Gasteiger partial charge in [0.1, 0.15) is 18.2 Å². The Balaban J connectivity index is 1.91. The molecule has 0 spiro atoms. The molecule has 0 fully saturated rings. The molecular weight excluding hydrogens is 272 g/mol. The molecule has 4 rings (SSSR count). The molecule has 1 aromatic carbocycles. The largest absolute Gasteiger partial charge is 0.421 e. The molecule has 0 bridgehead atoms. The fourth-order valence-corrected chi connectivity index (χ4v) is 2.05. The monoisotopic (exact) mass is 280 g/mol. The molecule has 0 radical (unpaired) electrons. The minimum absolute atomic E-state index is 0.310. The van der Waals surface area contributed by atoms with E-state index in [-0.39, 0.29) is 0 Å². The van der Waals surface area contributed by atoms with Crippen LogP contribution in [0.1, 0.15) is 0 Å². The molecule has 0 aliphatic carbocycles. The van der Waals surface area contributed by atoms with Gasteiger partial charge in [0.2, 0.25) is 0 Å². The van der Waals surface area contributed by atoms with E-state index < -0.39 is 5.63 Å². The van der Waals surface area contributed by atoms with Gasteiger partial charge in [-0.3, -0.25) is 0 Å². The van der Waals surface area contributed by atoms with Crippen LogP contribution in [0.25, 0.3) is 22.3 Å². The zero-order valence-corrected chi connectivity index (χ0v) is 10.6. The van der Waals surface area contributed by atoms with Gasteiger partial charge in [-0.1, -0.05) is 0 Å². The van der Waals surface area contributed by atoms with Crippen LogP contribution < -0.4 is 5.63 Å². The highest BCUT2D eigenvalue weighted by Crippen LogP contribution is 2.18. The molecule has 3 aromatic heterocycles. The number of nitrogens with zero attached hydrogens (tertiary/aromatic N) is 6. The second kappa shape index (κ2) is 4.37. The van der Waals surface area contributed by atoms with Crippen molar-refractivity contribution < 1.29 is 4.42 Å². The fourth-order valence-electron chi connectivity index (χ4n) is 2.05. The molecule has 21 heavy (non-hydrogen) atoms. The lowest BCUT2D eigenvalue weighted by molar-refractivity contribution is 0.551. The van der Waals surface area contributed by atoms with E-state index >= 15 is 0 Å². The first kappa shape index (κ1) is 11.5. The molecule has 102 valence electrons. The second-order valence-electron chi connectivity index (χ2n) is 4.30. The van der Waals surface area contributed by atoms with E-state index in [0.29, 0.717) is 17.0 Å². The van der Waals surface area contributed by atoms with E-state index in [4.69, 9.17) is 4.42 Å². The third-order valence-corrected chi connectivity index (χ3v) is 3.02. The Hall–Kier alpha value is -3.29. The average Bonchev–Trinajstić information content (AvgIpc) is 3.19. The Morgan fingerprint density at radius 3 is 2.67 bits per heavy atom. The fraction of sp³-hybridized carbons (Fsp3) is 0. The lowest BCUT2D eigenvalue weighted by Gasteiger charge is -2.04. The summed E-state index contributed by atoms with van der Waals surface area (Å²) in [6.45, 7) is 0. The lowest BCUT2D eigenvalue weighted by atomic mass is 10.2. The first-order valence-corrected chi connectivity index (χ1v) is 6.11. The molecule has 0 amide bonds. The highest BCUT2D eigenvalue weighted by molar-refractivity contribution is 5.80. The van der Waals surface area contributed by atoms with Crippen molar-refractivity contribution in [3.05, 3.63) is 59.7 Å². The van der Waals surface area contributed by atoms with Crippen LogP contribution in [-0.4, -0.2) is 29.8 Å². The van der Waals surface area contributed by atoms with Crippen LogP contribution in [0.2, 0.25) is 0 Å². The van der Waals surface area contributed by atoms with Crippen molar-refractivity contribution in [2.24, 2.45) is 0 Å². The minimum Gasteiger partial charge on any atom is -0.421 e. The van der Waals surface area contributed by atoms with Crippen LogP contribution in [0.3, 0.4) is 0 Å². The molecule has 0 N–H and O–H groups in total. The van der Waals surface area contributed by atoms with Crippen LogP contribution in [0.15, 0.2) is 58.5 Å². The lowest BCUT2D eigenvalue weighted by Crippen LogP contribution is -2.10. The van der Waals surface area contributed by atoms with E-state index in [0.717, 1.165) is 5.39 Å².